The number of benzene rings is 1. The molecule has 2 heterocycles. The van der Waals surface area contributed by atoms with Crippen molar-refractivity contribution >= 4 is 22.7 Å². The van der Waals surface area contributed by atoms with Gasteiger partial charge in [0.15, 0.2) is 0 Å². The molecule has 0 saturated heterocycles. The first-order valence-electron chi connectivity index (χ1n) is 8.81. The minimum atomic E-state index is -0.473. The second kappa shape index (κ2) is 8.13. The van der Waals surface area contributed by atoms with Gasteiger partial charge in [-0.3, -0.25) is 14.9 Å². The van der Waals surface area contributed by atoms with E-state index in [9.17, 15) is 14.9 Å². The van der Waals surface area contributed by atoms with E-state index in [4.69, 9.17) is 4.52 Å². The van der Waals surface area contributed by atoms with Crippen molar-refractivity contribution in [2.75, 3.05) is 27.2 Å². The third-order valence-electron chi connectivity index (χ3n) is 4.28. The molecular formula is C19H21N5O4. The van der Waals surface area contributed by atoms with E-state index in [2.05, 4.69) is 15.5 Å². The Morgan fingerprint density at radius 3 is 2.82 bits per heavy atom. The van der Waals surface area contributed by atoms with Gasteiger partial charge in [0.25, 0.3) is 17.3 Å². The van der Waals surface area contributed by atoms with E-state index in [1.807, 2.05) is 19.0 Å². The number of nitrogens with one attached hydrogen (secondary N) is 1. The van der Waals surface area contributed by atoms with Crippen molar-refractivity contribution in [3.63, 3.8) is 0 Å². The Bertz CT molecular complexity index is 1030. The zero-order valence-electron chi connectivity index (χ0n) is 15.9. The Morgan fingerprint density at radius 2 is 2.11 bits per heavy atom. The van der Waals surface area contributed by atoms with Gasteiger partial charge in [-0.1, -0.05) is 17.3 Å². The van der Waals surface area contributed by atoms with Crippen LogP contribution in [0, 0.1) is 17.0 Å². The Hall–Kier alpha value is -3.33. The second-order valence-corrected chi connectivity index (χ2v) is 6.72. The smallest absolute Gasteiger partial charge is 0.270 e. The van der Waals surface area contributed by atoms with E-state index in [1.165, 1.54) is 12.1 Å². The van der Waals surface area contributed by atoms with Crippen LogP contribution < -0.4 is 5.32 Å². The molecule has 0 atom stereocenters. The van der Waals surface area contributed by atoms with Gasteiger partial charge < -0.3 is 14.7 Å². The summed E-state index contributed by atoms with van der Waals surface area (Å²) in [5.41, 5.74) is 2.04. The van der Waals surface area contributed by atoms with Crippen LogP contribution in [-0.4, -0.2) is 53.1 Å². The normalized spacial score (nSPS) is 11.1. The highest BCUT2D eigenvalue weighted by atomic mass is 16.6. The number of hydrogen-bond acceptors (Lipinski definition) is 7. The molecule has 1 amide bonds. The molecule has 9 heteroatoms. The van der Waals surface area contributed by atoms with Gasteiger partial charge in [-0.15, -0.1) is 0 Å². The molecular weight excluding hydrogens is 362 g/mol. The molecule has 0 aliphatic rings. The van der Waals surface area contributed by atoms with Gasteiger partial charge in [-0.25, -0.2) is 4.98 Å². The Kier molecular flexibility index (Phi) is 5.65. The summed E-state index contributed by atoms with van der Waals surface area (Å²) in [6.45, 7) is 3.12. The molecule has 2 aromatic heterocycles. The van der Waals surface area contributed by atoms with Gasteiger partial charge in [0.05, 0.1) is 27.3 Å². The Morgan fingerprint density at radius 1 is 1.32 bits per heavy atom. The zero-order chi connectivity index (χ0) is 20.3. The predicted molar refractivity (Wildman–Crippen MR) is 104 cm³/mol. The molecule has 28 heavy (non-hydrogen) atoms. The fourth-order valence-electron chi connectivity index (χ4n) is 2.89. The Labute approximate surface area is 161 Å². The third kappa shape index (κ3) is 4.15. The maximum absolute atomic E-state index is 12.8. The maximum atomic E-state index is 12.8. The monoisotopic (exact) mass is 383 g/mol. The summed E-state index contributed by atoms with van der Waals surface area (Å²) in [5.74, 6) is -0.260. The fourth-order valence-corrected chi connectivity index (χ4v) is 2.89. The number of amides is 1. The van der Waals surface area contributed by atoms with Crippen molar-refractivity contribution in [2.24, 2.45) is 0 Å². The first-order valence-corrected chi connectivity index (χ1v) is 8.81. The lowest BCUT2D eigenvalue weighted by Crippen LogP contribution is -2.27. The number of carbonyl (C=O) groups excluding carboxylic acids is 1. The molecule has 0 radical (unpaired) electrons. The first kappa shape index (κ1) is 19.4. The van der Waals surface area contributed by atoms with Gasteiger partial charge in [0.1, 0.15) is 0 Å². The van der Waals surface area contributed by atoms with Crippen LogP contribution >= 0.6 is 0 Å². The molecule has 1 aromatic carbocycles. The molecule has 9 nitrogen and oxygen atoms in total. The van der Waals surface area contributed by atoms with E-state index in [0.717, 1.165) is 13.0 Å². The molecule has 0 saturated carbocycles. The number of nitrogens with zero attached hydrogens (tertiary/aromatic N) is 4. The van der Waals surface area contributed by atoms with Crippen molar-refractivity contribution in [3.05, 3.63) is 51.7 Å². The summed E-state index contributed by atoms with van der Waals surface area (Å²) in [6, 6.07) is 7.71. The first-order chi connectivity index (χ1) is 13.4. The lowest BCUT2D eigenvalue weighted by Gasteiger charge is -2.11. The topological polar surface area (TPSA) is 114 Å². The van der Waals surface area contributed by atoms with E-state index >= 15 is 0 Å². The summed E-state index contributed by atoms with van der Waals surface area (Å²) in [7, 11) is 3.94. The average Bonchev–Trinajstić information content (AvgIpc) is 3.05. The lowest BCUT2D eigenvalue weighted by molar-refractivity contribution is -0.384. The average molecular weight is 383 g/mol. The number of nitro benzene ring substituents is 1. The minimum Gasteiger partial charge on any atom is -0.352 e. The predicted octanol–water partition coefficient (Wildman–Crippen LogP) is 2.79. The Balaban J connectivity index is 1.97. The van der Waals surface area contributed by atoms with E-state index in [0.29, 0.717) is 34.4 Å². The molecule has 0 spiro atoms. The van der Waals surface area contributed by atoms with E-state index in [-0.39, 0.29) is 17.3 Å². The van der Waals surface area contributed by atoms with Crippen LogP contribution in [0.4, 0.5) is 5.69 Å². The zero-order valence-corrected chi connectivity index (χ0v) is 15.9. The van der Waals surface area contributed by atoms with Gasteiger partial charge in [0, 0.05) is 24.2 Å². The molecule has 0 fully saturated rings. The highest BCUT2D eigenvalue weighted by Gasteiger charge is 2.20. The van der Waals surface area contributed by atoms with Crippen LogP contribution in [0.2, 0.25) is 0 Å². The van der Waals surface area contributed by atoms with Crippen LogP contribution in [-0.2, 0) is 0 Å². The van der Waals surface area contributed by atoms with E-state index < -0.39 is 4.92 Å². The number of fused-ring (bicyclic) bond motifs is 1. The standard InChI is InChI=1S/C19H21N5O4/c1-12-17-15(18(25)20-8-5-9-23(2)3)11-16(21-19(17)28-22-12)13-6-4-7-14(10-13)24(26)27/h4,6-7,10-11H,5,8-9H2,1-3H3,(H,20,25). The van der Waals surface area contributed by atoms with Crippen molar-refractivity contribution in [2.45, 2.75) is 13.3 Å². The van der Waals surface area contributed by atoms with Gasteiger partial charge in [-0.05, 0) is 40.1 Å². The second-order valence-electron chi connectivity index (χ2n) is 6.72. The number of rotatable bonds is 7. The van der Waals surface area contributed by atoms with E-state index in [1.54, 1.807) is 25.1 Å². The molecule has 0 aliphatic heterocycles. The summed E-state index contributed by atoms with van der Waals surface area (Å²) in [6.07, 6.45) is 0.813. The van der Waals surface area contributed by atoms with Gasteiger partial charge in [-0.2, -0.15) is 0 Å². The van der Waals surface area contributed by atoms with Gasteiger partial charge in [0.2, 0.25) is 0 Å². The molecule has 0 aliphatic carbocycles. The van der Waals surface area contributed by atoms with Crippen LogP contribution in [0.5, 0.6) is 0 Å². The summed E-state index contributed by atoms with van der Waals surface area (Å²) < 4.78 is 5.25. The quantitative estimate of drug-likeness (QED) is 0.379. The van der Waals surface area contributed by atoms with Crippen molar-refractivity contribution in [1.29, 1.82) is 0 Å². The summed E-state index contributed by atoms with van der Waals surface area (Å²) in [4.78, 5) is 29.8. The van der Waals surface area contributed by atoms with Crippen LogP contribution in [0.25, 0.3) is 22.4 Å². The number of aromatic nitrogens is 2. The number of pyridine rings is 1. The summed E-state index contributed by atoms with van der Waals surface area (Å²) >= 11 is 0. The maximum Gasteiger partial charge on any atom is 0.270 e. The molecule has 0 unspecified atom stereocenters. The highest BCUT2D eigenvalue weighted by Crippen LogP contribution is 2.28. The SMILES string of the molecule is Cc1noc2nc(-c3cccc([N+](=O)[O-])c3)cc(C(=O)NCCCN(C)C)c12. The third-order valence-corrected chi connectivity index (χ3v) is 4.28. The lowest BCUT2D eigenvalue weighted by atomic mass is 10.0. The number of non-ortho nitro benzene ring substituents is 1. The van der Waals surface area contributed by atoms with Crippen LogP contribution in [0.3, 0.4) is 0 Å². The number of nitro groups is 1. The minimum absolute atomic E-state index is 0.0529. The fraction of sp³-hybridized carbons (Fsp3) is 0.316. The van der Waals surface area contributed by atoms with Gasteiger partial charge >= 0.3 is 0 Å². The summed E-state index contributed by atoms with van der Waals surface area (Å²) in [5, 5.41) is 18.4. The van der Waals surface area contributed by atoms with Crippen molar-refractivity contribution in [3.8, 4) is 11.3 Å². The molecule has 3 rings (SSSR count). The largest absolute Gasteiger partial charge is 0.352 e. The molecule has 3 aromatic rings. The van der Waals surface area contributed by atoms with Crippen molar-refractivity contribution in [1.82, 2.24) is 20.4 Å². The molecule has 0 bridgehead atoms. The van der Waals surface area contributed by atoms with Crippen molar-refractivity contribution < 1.29 is 14.2 Å². The highest BCUT2D eigenvalue weighted by molar-refractivity contribution is 6.07. The molecule has 146 valence electrons. The molecule has 1 N–H and O–H groups in total. The number of aryl methyl sites for hydroxylation is 1. The number of hydrogen-bond donors (Lipinski definition) is 1. The number of carbonyl (C=O) groups is 1. The van der Waals surface area contributed by atoms with Crippen LogP contribution in [0.1, 0.15) is 22.5 Å². The van der Waals surface area contributed by atoms with Crippen LogP contribution in [0.15, 0.2) is 34.9 Å².